The van der Waals surface area contributed by atoms with E-state index in [1.165, 1.54) is 0 Å². The van der Waals surface area contributed by atoms with Crippen molar-refractivity contribution in [3.8, 4) is 0 Å². The molecule has 0 aromatic heterocycles. The van der Waals surface area contributed by atoms with Gasteiger partial charge in [0.2, 0.25) is 0 Å². The van der Waals surface area contributed by atoms with Crippen LogP contribution in [0.5, 0.6) is 0 Å². The Morgan fingerprint density at radius 1 is 1.07 bits per heavy atom. The summed E-state index contributed by atoms with van der Waals surface area (Å²) in [5.41, 5.74) is -2.37. The fourth-order valence-electron chi connectivity index (χ4n) is 2.09. The molecule has 0 saturated heterocycles. The monoisotopic (exact) mass is 379 g/mol. The first kappa shape index (κ1) is 19.8. The molecule has 7 nitrogen and oxygen atoms in total. The van der Waals surface area contributed by atoms with Crippen molar-refractivity contribution >= 4 is 28.8 Å². The van der Waals surface area contributed by atoms with Crippen molar-refractivity contribution in [1.82, 2.24) is 0 Å². The van der Waals surface area contributed by atoms with Crippen molar-refractivity contribution in [3.63, 3.8) is 0 Å². The molecule has 0 unspecified atom stereocenters. The first-order chi connectivity index (χ1) is 12.6. The lowest BCUT2D eigenvalue weighted by Crippen LogP contribution is -2.33. The molecule has 0 N–H and O–H groups in total. The standard InChI is InChI=1S/C17H11F3N2O5/c18-17(19,20)11-2-1-3-12(8-11)21-14(16(24)25)9-15(23)10-4-6-13(7-5-10)22(26)27/h1-8H,9H2,(H,24,25)/p-1. The number of alkyl halides is 3. The number of rotatable bonds is 6. The molecule has 0 spiro atoms. The van der Waals surface area contributed by atoms with Crippen LogP contribution < -0.4 is 5.11 Å². The Hall–Kier alpha value is -3.56. The molecule has 2 aromatic carbocycles. The number of carboxylic acids is 1. The molecule has 0 saturated carbocycles. The Morgan fingerprint density at radius 2 is 1.70 bits per heavy atom. The summed E-state index contributed by atoms with van der Waals surface area (Å²) in [5.74, 6) is -2.55. The molecule has 2 rings (SSSR count). The number of carboxylic acid groups (broad SMARTS) is 1. The highest BCUT2D eigenvalue weighted by Crippen LogP contribution is 2.31. The van der Waals surface area contributed by atoms with E-state index in [2.05, 4.69) is 4.99 Å². The zero-order valence-electron chi connectivity index (χ0n) is 13.4. The highest BCUT2D eigenvalue weighted by atomic mass is 19.4. The van der Waals surface area contributed by atoms with Gasteiger partial charge in [0.15, 0.2) is 5.78 Å². The van der Waals surface area contributed by atoms with Gasteiger partial charge in [-0.3, -0.25) is 19.9 Å². The number of hydrogen-bond acceptors (Lipinski definition) is 6. The van der Waals surface area contributed by atoms with Crippen LogP contribution in [0.25, 0.3) is 0 Å². The average molecular weight is 379 g/mol. The van der Waals surface area contributed by atoms with Gasteiger partial charge in [-0.25, -0.2) is 0 Å². The predicted molar refractivity (Wildman–Crippen MR) is 85.6 cm³/mol. The largest absolute Gasteiger partial charge is 0.543 e. The molecule has 0 heterocycles. The maximum absolute atomic E-state index is 12.7. The van der Waals surface area contributed by atoms with Crippen molar-refractivity contribution in [2.24, 2.45) is 4.99 Å². The van der Waals surface area contributed by atoms with Crippen LogP contribution in [0.3, 0.4) is 0 Å². The molecular weight excluding hydrogens is 369 g/mol. The van der Waals surface area contributed by atoms with Gasteiger partial charge >= 0.3 is 6.18 Å². The van der Waals surface area contributed by atoms with Gasteiger partial charge in [0.25, 0.3) is 5.69 Å². The predicted octanol–water partition coefficient (Wildman–Crippen LogP) is 2.71. The third-order valence-electron chi connectivity index (χ3n) is 3.40. The number of aliphatic carboxylic acids is 1. The molecule has 0 aliphatic heterocycles. The molecule has 0 amide bonds. The van der Waals surface area contributed by atoms with Crippen LogP contribution in [0.1, 0.15) is 22.3 Å². The van der Waals surface area contributed by atoms with Crippen molar-refractivity contribution in [2.75, 3.05) is 0 Å². The lowest BCUT2D eigenvalue weighted by molar-refractivity contribution is -0.384. The Balaban J connectivity index is 2.27. The van der Waals surface area contributed by atoms with E-state index in [-0.39, 0.29) is 16.9 Å². The summed E-state index contributed by atoms with van der Waals surface area (Å²) < 4.78 is 38.1. The molecule has 27 heavy (non-hydrogen) atoms. The van der Waals surface area contributed by atoms with E-state index in [1.54, 1.807) is 0 Å². The summed E-state index contributed by atoms with van der Waals surface area (Å²) in [7, 11) is 0. The number of halogens is 3. The minimum atomic E-state index is -4.64. The number of carbonyl (C=O) groups excluding carboxylic acids is 2. The summed E-state index contributed by atoms with van der Waals surface area (Å²) in [6.07, 6.45) is -5.39. The maximum atomic E-state index is 12.7. The van der Waals surface area contributed by atoms with Gasteiger partial charge in [0.1, 0.15) is 0 Å². The van der Waals surface area contributed by atoms with Crippen LogP contribution in [0.4, 0.5) is 24.5 Å². The third kappa shape index (κ3) is 5.21. The zero-order valence-corrected chi connectivity index (χ0v) is 13.4. The van der Waals surface area contributed by atoms with E-state index in [4.69, 9.17) is 0 Å². The van der Waals surface area contributed by atoms with Gasteiger partial charge in [-0.1, -0.05) is 6.07 Å². The Kier molecular flexibility index (Phi) is 5.69. The molecule has 0 bridgehead atoms. The fourth-order valence-corrected chi connectivity index (χ4v) is 2.09. The topological polar surface area (TPSA) is 113 Å². The summed E-state index contributed by atoms with van der Waals surface area (Å²) in [4.78, 5) is 36.8. The van der Waals surface area contributed by atoms with Gasteiger partial charge in [0.05, 0.1) is 34.3 Å². The second kappa shape index (κ2) is 7.77. The van der Waals surface area contributed by atoms with E-state index in [1.807, 2.05) is 0 Å². The summed E-state index contributed by atoms with van der Waals surface area (Å²) in [5, 5.41) is 21.8. The van der Waals surface area contributed by atoms with Gasteiger partial charge < -0.3 is 9.90 Å². The van der Waals surface area contributed by atoms with E-state index in [0.29, 0.717) is 6.07 Å². The molecule has 140 valence electrons. The zero-order chi connectivity index (χ0) is 20.2. The summed E-state index contributed by atoms with van der Waals surface area (Å²) in [6.45, 7) is 0. The van der Waals surface area contributed by atoms with Gasteiger partial charge in [0, 0.05) is 17.7 Å². The number of nitrogens with zero attached hydrogens (tertiary/aromatic N) is 2. The number of hydrogen-bond donors (Lipinski definition) is 0. The SMILES string of the molecule is O=C([O-])C(CC(=O)c1ccc([N+](=O)[O-])cc1)=Nc1cccc(C(F)(F)F)c1. The van der Waals surface area contributed by atoms with E-state index < -0.39 is 40.5 Å². The van der Waals surface area contributed by atoms with Crippen LogP contribution in [-0.2, 0) is 11.0 Å². The quantitative estimate of drug-likeness (QED) is 0.331. The molecule has 0 radical (unpaired) electrons. The number of carbonyl (C=O) groups is 2. The van der Waals surface area contributed by atoms with E-state index in [9.17, 15) is 38.0 Å². The molecule has 0 fully saturated rings. The Labute approximate surface area is 149 Å². The fraction of sp³-hybridized carbons (Fsp3) is 0.118. The Bertz CT molecular complexity index is 921. The minimum absolute atomic E-state index is 0.0152. The van der Waals surface area contributed by atoms with E-state index in [0.717, 1.165) is 42.5 Å². The van der Waals surface area contributed by atoms with Crippen LogP contribution in [0.15, 0.2) is 53.5 Å². The number of non-ortho nitro benzene ring substituents is 1. The first-order valence-corrected chi connectivity index (χ1v) is 7.32. The minimum Gasteiger partial charge on any atom is -0.543 e. The van der Waals surface area contributed by atoms with Crippen LogP contribution in [0.2, 0.25) is 0 Å². The van der Waals surface area contributed by atoms with Crippen LogP contribution in [0, 0.1) is 10.1 Å². The molecule has 10 heteroatoms. The van der Waals surface area contributed by atoms with Crippen LogP contribution in [-0.4, -0.2) is 22.4 Å². The van der Waals surface area contributed by atoms with Gasteiger partial charge in [-0.15, -0.1) is 0 Å². The number of Topliss-reactive ketones (excluding diaryl/α,β-unsaturated/α-hetero) is 1. The number of nitro benzene ring substituents is 1. The van der Waals surface area contributed by atoms with Gasteiger partial charge in [-0.2, -0.15) is 13.2 Å². The second-order valence-corrected chi connectivity index (χ2v) is 5.30. The summed E-state index contributed by atoms with van der Waals surface area (Å²) in [6, 6.07) is 8.03. The van der Waals surface area contributed by atoms with Crippen molar-refractivity contribution < 1.29 is 32.8 Å². The maximum Gasteiger partial charge on any atom is 0.416 e. The van der Waals surface area contributed by atoms with Gasteiger partial charge in [-0.05, 0) is 30.3 Å². The normalized spacial score (nSPS) is 11.9. The molecule has 2 aromatic rings. The van der Waals surface area contributed by atoms with Crippen LogP contribution >= 0.6 is 0 Å². The molecular formula is C17H10F3N2O5-. The number of aliphatic imine (C=N–C) groups is 1. The highest BCUT2D eigenvalue weighted by Gasteiger charge is 2.30. The van der Waals surface area contributed by atoms with Crippen molar-refractivity contribution in [2.45, 2.75) is 12.6 Å². The average Bonchev–Trinajstić information content (AvgIpc) is 2.60. The van der Waals surface area contributed by atoms with Crippen molar-refractivity contribution in [1.29, 1.82) is 0 Å². The number of benzene rings is 2. The molecule has 0 atom stereocenters. The molecule has 0 aliphatic rings. The van der Waals surface area contributed by atoms with Crippen molar-refractivity contribution in [3.05, 3.63) is 69.8 Å². The lowest BCUT2D eigenvalue weighted by atomic mass is 10.0. The molecule has 0 aliphatic carbocycles. The summed E-state index contributed by atoms with van der Waals surface area (Å²) >= 11 is 0. The third-order valence-corrected chi connectivity index (χ3v) is 3.40. The number of nitro groups is 1. The Morgan fingerprint density at radius 3 is 2.22 bits per heavy atom. The smallest absolute Gasteiger partial charge is 0.416 e. The van der Waals surface area contributed by atoms with E-state index >= 15 is 0 Å². The number of ketones is 1. The second-order valence-electron chi connectivity index (χ2n) is 5.30. The highest BCUT2D eigenvalue weighted by molar-refractivity contribution is 6.39. The first-order valence-electron chi connectivity index (χ1n) is 7.32. The lowest BCUT2D eigenvalue weighted by Gasteiger charge is -2.09.